The predicted molar refractivity (Wildman–Crippen MR) is 62.6 cm³/mol. The normalized spacial score (nSPS) is 17.1. The highest BCUT2D eigenvalue weighted by molar-refractivity contribution is 9.10. The molecule has 0 N–H and O–H groups in total. The van der Waals surface area contributed by atoms with Gasteiger partial charge in [0.15, 0.2) is 0 Å². The fourth-order valence-electron chi connectivity index (χ4n) is 1.23. The van der Waals surface area contributed by atoms with Crippen molar-refractivity contribution in [1.82, 2.24) is 0 Å². The molecular formula is C10H10BrClS. The summed E-state index contributed by atoms with van der Waals surface area (Å²) >= 11 is 11.3. The van der Waals surface area contributed by atoms with Crippen LogP contribution in [0.2, 0.25) is 5.02 Å². The topological polar surface area (TPSA) is 0 Å². The molecule has 13 heavy (non-hydrogen) atoms. The standard InChI is InChI=1S/C10H10BrClS/c11-9-5-4-8(6-10(9)12)13-7-2-1-3-7/h4-7H,1-3H2. The second-order valence-electron chi connectivity index (χ2n) is 3.25. The van der Waals surface area contributed by atoms with Gasteiger partial charge in [0.1, 0.15) is 0 Å². The van der Waals surface area contributed by atoms with Crippen molar-refractivity contribution in [3.63, 3.8) is 0 Å². The third-order valence-electron chi connectivity index (χ3n) is 2.25. The van der Waals surface area contributed by atoms with E-state index >= 15 is 0 Å². The Morgan fingerprint density at radius 2 is 2.15 bits per heavy atom. The smallest absolute Gasteiger partial charge is 0.0559 e. The summed E-state index contributed by atoms with van der Waals surface area (Å²) in [6, 6.07) is 6.18. The second kappa shape index (κ2) is 4.24. The van der Waals surface area contributed by atoms with Crippen molar-refractivity contribution in [3.05, 3.63) is 27.7 Å². The molecule has 1 fully saturated rings. The van der Waals surface area contributed by atoms with E-state index in [2.05, 4.69) is 22.0 Å². The maximum Gasteiger partial charge on any atom is 0.0559 e. The molecule has 1 aromatic rings. The Morgan fingerprint density at radius 3 is 2.69 bits per heavy atom. The van der Waals surface area contributed by atoms with Crippen LogP contribution < -0.4 is 0 Å². The monoisotopic (exact) mass is 276 g/mol. The fraction of sp³-hybridized carbons (Fsp3) is 0.400. The van der Waals surface area contributed by atoms with Crippen LogP contribution in [-0.2, 0) is 0 Å². The zero-order valence-electron chi connectivity index (χ0n) is 7.09. The molecule has 0 aliphatic heterocycles. The van der Waals surface area contributed by atoms with Gasteiger partial charge in [-0.05, 0) is 47.0 Å². The molecule has 0 nitrogen and oxygen atoms in total. The van der Waals surface area contributed by atoms with E-state index in [1.165, 1.54) is 24.2 Å². The minimum Gasteiger partial charge on any atom is -0.123 e. The zero-order chi connectivity index (χ0) is 9.26. The molecule has 2 rings (SSSR count). The van der Waals surface area contributed by atoms with Gasteiger partial charge in [-0.25, -0.2) is 0 Å². The molecule has 0 saturated heterocycles. The Hall–Kier alpha value is 0.340. The molecule has 0 atom stereocenters. The number of thioether (sulfide) groups is 1. The number of hydrogen-bond donors (Lipinski definition) is 0. The van der Waals surface area contributed by atoms with Crippen molar-refractivity contribution in [3.8, 4) is 0 Å². The summed E-state index contributed by atoms with van der Waals surface area (Å²) in [4.78, 5) is 1.29. The van der Waals surface area contributed by atoms with Crippen LogP contribution in [0.3, 0.4) is 0 Å². The van der Waals surface area contributed by atoms with Gasteiger partial charge < -0.3 is 0 Å². The van der Waals surface area contributed by atoms with E-state index in [1.807, 2.05) is 23.9 Å². The Balaban J connectivity index is 2.07. The van der Waals surface area contributed by atoms with Crippen LogP contribution in [0, 0.1) is 0 Å². The lowest BCUT2D eigenvalue weighted by molar-refractivity contribution is 0.522. The van der Waals surface area contributed by atoms with Crippen molar-refractivity contribution in [2.75, 3.05) is 0 Å². The molecule has 0 unspecified atom stereocenters. The van der Waals surface area contributed by atoms with Gasteiger partial charge in [-0.15, -0.1) is 11.8 Å². The third kappa shape index (κ3) is 2.42. The van der Waals surface area contributed by atoms with Crippen molar-refractivity contribution in [2.45, 2.75) is 29.4 Å². The van der Waals surface area contributed by atoms with Crippen LogP contribution in [0.5, 0.6) is 0 Å². The van der Waals surface area contributed by atoms with Crippen LogP contribution in [0.15, 0.2) is 27.6 Å². The molecule has 0 spiro atoms. The van der Waals surface area contributed by atoms with Crippen LogP contribution in [0.25, 0.3) is 0 Å². The maximum absolute atomic E-state index is 6.00. The first kappa shape index (κ1) is 9.88. The molecule has 0 aromatic heterocycles. The summed E-state index contributed by atoms with van der Waals surface area (Å²) in [7, 11) is 0. The molecule has 70 valence electrons. The van der Waals surface area contributed by atoms with E-state index in [9.17, 15) is 0 Å². The summed E-state index contributed by atoms with van der Waals surface area (Å²) in [5.41, 5.74) is 0. The van der Waals surface area contributed by atoms with Gasteiger partial charge in [-0.2, -0.15) is 0 Å². The minimum atomic E-state index is 0.810. The Bertz CT molecular complexity index is 310. The van der Waals surface area contributed by atoms with Gasteiger partial charge in [0.2, 0.25) is 0 Å². The first-order valence-electron chi connectivity index (χ1n) is 4.37. The third-order valence-corrected chi connectivity index (χ3v) is 4.81. The van der Waals surface area contributed by atoms with Crippen molar-refractivity contribution in [2.24, 2.45) is 0 Å². The van der Waals surface area contributed by atoms with Crippen LogP contribution in [-0.4, -0.2) is 5.25 Å². The van der Waals surface area contributed by atoms with Gasteiger partial charge in [0, 0.05) is 14.6 Å². The molecule has 1 aliphatic carbocycles. The van der Waals surface area contributed by atoms with Gasteiger partial charge in [0.25, 0.3) is 0 Å². The molecule has 0 bridgehead atoms. The fourth-order valence-corrected chi connectivity index (χ4v) is 3.01. The summed E-state index contributed by atoms with van der Waals surface area (Å²) in [6.45, 7) is 0. The minimum absolute atomic E-state index is 0.810. The molecule has 0 radical (unpaired) electrons. The summed E-state index contributed by atoms with van der Waals surface area (Å²) in [5, 5.41) is 1.64. The number of halogens is 2. The highest BCUT2D eigenvalue weighted by Crippen LogP contribution is 2.38. The van der Waals surface area contributed by atoms with E-state index in [-0.39, 0.29) is 0 Å². The largest absolute Gasteiger partial charge is 0.123 e. The molecule has 0 amide bonds. The predicted octanol–water partition coefficient (Wildman–Crippen LogP) is 4.75. The average Bonchev–Trinajstić information content (AvgIpc) is 2.04. The first-order chi connectivity index (χ1) is 6.25. The number of benzene rings is 1. The highest BCUT2D eigenvalue weighted by Gasteiger charge is 2.18. The zero-order valence-corrected chi connectivity index (χ0v) is 10.3. The van der Waals surface area contributed by atoms with Crippen molar-refractivity contribution in [1.29, 1.82) is 0 Å². The molecular weight excluding hydrogens is 268 g/mol. The summed E-state index contributed by atoms with van der Waals surface area (Å²) in [6.07, 6.45) is 4.11. The maximum atomic E-state index is 6.00. The van der Waals surface area contributed by atoms with E-state index in [0.29, 0.717) is 0 Å². The van der Waals surface area contributed by atoms with Crippen molar-refractivity contribution < 1.29 is 0 Å². The van der Waals surface area contributed by atoms with Crippen molar-refractivity contribution >= 4 is 39.3 Å². The molecule has 0 heterocycles. The Morgan fingerprint density at radius 1 is 1.38 bits per heavy atom. The van der Waals surface area contributed by atoms with E-state index in [4.69, 9.17) is 11.6 Å². The SMILES string of the molecule is Clc1cc(SC2CCC2)ccc1Br. The van der Waals surface area contributed by atoms with Crippen LogP contribution >= 0.6 is 39.3 Å². The van der Waals surface area contributed by atoms with Gasteiger partial charge in [0.05, 0.1) is 5.02 Å². The summed E-state index contributed by atoms with van der Waals surface area (Å²) < 4.78 is 0.979. The van der Waals surface area contributed by atoms with Gasteiger partial charge >= 0.3 is 0 Å². The average molecular weight is 278 g/mol. The lowest BCUT2D eigenvalue weighted by Gasteiger charge is -2.24. The lowest BCUT2D eigenvalue weighted by Crippen LogP contribution is -2.12. The molecule has 1 aromatic carbocycles. The molecule has 3 heteroatoms. The Labute approximate surface area is 96.2 Å². The quantitative estimate of drug-likeness (QED) is 0.752. The van der Waals surface area contributed by atoms with Crippen LogP contribution in [0.4, 0.5) is 0 Å². The second-order valence-corrected chi connectivity index (χ2v) is 5.88. The Kier molecular flexibility index (Phi) is 3.22. The van der Waals surface area contributed by atoms with E-state index < -0.39 is 0 Å². The van der Waals surface area contributed by atoms with Crippen LogP contribution in [0.1, 0.15) is 19.3 Å². The first-order valence-corrected chi connectivity index (χ1v) is 6.42. The van der Waals surface area contributed by atoms with Gasteiger partial charge in [-0.3, -0.25) is 0 Å². The number of rotatable bonds is 2. The summed E-state index contributed by atoms with van der Waals surface area (Å²) in [5.74, 6) is 0. The molecule has 1 saturated carbocycles. The highest BCUT2D eigenvalue weighted by atomic mass is 79.9. The van der Waals surface area contributed by atoms with E-state index in [0.717, 1.165) is 14.7 Å². The molecule has 1 aliphatic rings. The lowest BCUT2D eigenvalue weighted by atomic mass is 10.0. The van der Waals surface area contributed by atoms with Gasteiger partial charge in [-0.1, -0.05) is 18.0 Å². The van der Waals surface area contributed by atoms with E-state index in [1.54, 1.807) is 0 Å². The number of hydrogen-bond acceptors (Lipinski definition) is 1.